The minimum atomic E-state index is -0.102. The van der Waals surface area contributed by atoms with Crippen LogP contribution in [0, 0.1) is 23.7 Å². The Morgan fingerprint density at radius 2 is 2.07 bits per heavy atom. The lowest BCUT2D eigenvalue weighted by atomic mass is 9.75. The predicted octanol–water partition coefficient (Wildman–Crippen LogP) is 2.64. The second-order valence-electron chi connectivity index (χ2n) is 4.55. The van der Waals surface area contributed by atoms with Crippen LogP contribution in [-0.4, -0.2) is 13.1 Å². The van der Waals surface area contributed by atoms with Crippen LogP contribution in [0.25, 0.3) is 0 Å². The Balaban J connectivity index is 2.66. The van der Waals surface area contributed by atoms with Crippen LogP contribution in [-0.2, 0) is 9.53 Å². The zero-order valence-electron chi connectivity index (χ0n) is 9.49. The molecule has 0 saturated heterocycles. The first kappa shape index (κ1) is 11.3. The normalized spacial score (nSPS) is 31.9. The monoisotopic (exact) mass is 196 g/mol. The maximum absolute atomic E-state index is 11.3. The molecule has 0 heterocycles. The molecule has 0 fully saturated rings. The summed E-state index contributed by atoms with van der Waals surface area (Å²) in [5, 5.41) is 0. The van der Waals surface area contributed by atoms with Gasteiger partial charge in [0.25, 0.3) is 0 Å². The van der Waals surface area contributed by atoms with E-state index in [0.29, 0.717) is 17.8 Å². The zero-order chi connectivity index (χ0) is 10.7. The van der Waals surface area contributed by atoms with Gasteiger partial charge in [0, 0.05) is 0 Å². The number of ether oxygens (including phenoxy) is 1. The smallest absolute Gasteiger partial charge is 0.312 e. The second kappa shape index (κ2) is 4.63. The van der Waals surface area contributed by atoms with Crippen molar-refractivity contribution in [1.29, 1.82) is 0 Å². The highest BCUT2D eigenvalue weighted by molar-refractivity contribution is 5.74. The van der Waals surface area contributed by atoms with Crippen LogP contribution in [0.3, 0.4) is 0 Å². The molecule has 0 bridgehead atoms. The topological polar surface area (TPSA) is 26.3 Å². The van der Waals surface area contributed by atoms with Crippen molar-refractivity contribution < 1.29 is 9.53 Å². The number of hydrogen-bond donors (Lipinski definition) is 0. The van der Waals surface area contributed by atoms with Gasteiger partial charge >= 0.3 is 5.97 Å². The Hall–Kier alpha value is -0.790. The van der Waals surface area contributed by atoms with Crippen molar-refractivity contribution in [2.24, 2.45) is 23.7 Å². The zero-order valence-corrected chi connectivity index (χ0v) is 9.49. The quantitative estimate of drug-likeness (QED) is 0.501. The minimum absolute atomic E-state index is 0.0231. The molecule has 0 saturated carbocycles. The lowest BCUT2D eigenvalue weighted by Crippen LogP contribution is -2.26. The molecule has 2 nitrogen and oxygen atoms in total. The van der Waals surface area contributed by atoms with Gasteiger partial charge in [-0.25, -0.2) is 0 Å². The van der Waals surface area contributed by atoms with Gasteiger partial charge in [-0.05, 0) is 24.2 Å². The Morgan fingerprint density at radius 3 is 2.50 bits per heavy atom. The van der Waals surface area contributed by atoms with E-state index in [4.69, 9.17) is 4.74 Å². The third kappa shape index (κ3) is 2.37. The molecule has 0 spiro atoms. The minimum Gasteiger partial charge on any atom is -0.469 e. The molecule has 3 unspecified atom stereocenters. The fourth-order valence-electron chi connectivity index (χ4n) is 2.29. The maximum Gasteiger partial charge on any atom is 0.312 e. The molecule has 0 aromatic heterocycles. The first-order chi connectivity index (χ1) is 6.56. The van der Waals surface area contributed by atoms with Crippen molar-refractivity contribution in [3.63, 3.8) is 0 Å². The summed E-state index contributed by atoms with van der Waals surface area (Å²) in [6, 6.07) is 0. The summed E-state index contributed by atoms with van der Waals surface area (Å²) in [6.45, 7) is 6.66. The fourth-order valence-corrected chi connectivity index (χ4v) is 2.29. The number of hydrogen-bond acceptors (Lipinski definition) is 2. The Morgan fingerprint density at radius 1 is 1.43 bits per heavy atom. The van der Waals surface area contributed by atoms with Gasteiger partial charge in [0.15, 0.2) is 0 Å². The number of carbonyl (C=O) groups excluding carboxylic acids is 1. The van der Waals surface area contributed by atoms with E-state index in [-0.39, 0.29) is 11.9 Å². The molecule has 1 aliphatic rings. The van der Waals surface area contributed by atoms with Crippen LogP contribution in [0.1, 0.15) is 27.2 Å². The van der Waals surface area contributed by atoms with Gasteiger partial charge in [-0.15, -0.1) is 0 Å². The van der Waals surface area contributed by atoms with Crippen LogP contribution < -0.4 is 0 Å². The van der Waals surface area contributed by atoms with Gasteiger partial charge in [0.05, 0.1) is 13.0 Å². The molecule has 3 atom stereocenters. The first-order valence-electron chi connectivity index (χ1n) is 5.32. The van der Waals surface area contributed by atoms with Crippen molar-refractivity contribution in [2.75, 3.05) is 7.11 Å². The summed E-state index contributed by atoms with van der Waals surface area (Å²) in [7, 11) is 1.45. The molecular weight excluding hydrogens is 176 g/mol. The molecular formula is C12H20O2. The number of esters is 1. The Bertz CT molecular complexity index is 230. The van der Waals surface area contributed by atoms with Crippen LogP contribution in [0.2, 0.25) is 0 Å². The molecule has 14 heavy (non-hydrogen) atoms. The highest BCUT2D eigenvalue weighted by Crippen LogP contribution is 2.33. The molecule has 1 rings (SSSR count). The Kier molecular flexibility index (Phi) is 3.73. The third-order valence-corrected chi connectivity index (χ3v) is 3.12. The molecule has 2 heteroatoms. The van der Waals surface area contributed by atoms with E-state index in [1.165, 1.54) is 7.11 Å². The lowest BCUT2D eigenvalue weighted by Gasteiger charge is -2.30. The Labute approximate surface area is 86.3 Å². The molecule has 0 aromatic carbocycles. The number of allylic oxidation sites excluding steroid dienone is 1. The average molecular weight is 196 g/mol. The molecule has 1 aliphatic carbocycles. The van der Waals surface area contributed by atoms with Crippen LogP contribution in [0.15, 0.2) is 12.2 Å². The van der Waals surface area contributed by atoms with Crippen LogP contribution in [0.5, 0.6) is 0 Å². The number of methoxy groups -OCH3 is 1. The summed E-state index contributed by atoms with van der Waals surface area (Å²) in [4.78, 5) is 11.3. The van der Waals surface area contributed by atoms with Crippen molar-refractivity contribution in [3.05, 3.63) is 12.2 Å². The van der Waals surface area contributed by atoms with Gasteiger partial charge in [-0.1, -0.05) is 32.9 Å². The van der Waals surface area contributed by atoms with Crippen molar-refractivity contribution >= 4 is 5.97 Å². The number of carbonyl (C=O) groups is 1. The highest BCUT2D eigenvalue weighted by Gasteiger charge is 2.28. The summed E-state index contributed by atoms with van der Waals surface area (Å²) >= 11 is 0. The summed E-state index contributed by atoms with van der Waals surface area (Å²) in [5.41, 5.74) is 0. The first-order valence-corrected chi connectivity index (χ1v) is 5.32. The largest absolute Gasteiger partial charge is 0.469 e. The van der Waals surface area contributed by atoms with E-state index in [0.717, 1.165) is 6.42 Å². The summed E-state index contributed by atoms with van der Waals surface area (Å²) in [5.74, 6) is 1.71. The van der Waals surface area contributed by atoms with Gasteiger partial charge in [0.2, 0.25) is 0 Å². The summed E-state index contributed by atoms with van der Waals surface area (Å²) < 4.78 is 4.74. The predicted molar refractivity (Wildman–Crippen MR) is 56.8 cm³/mol. The average Bonchev–Trinajstić information content (AvgIpc) is 2.15. The van der Waals surface area contributed by atoms with Gasteiger partial charge < -0.3 is 4.74 Å². The van der Waals surface area contributed by atoms with Crippen LogP contribution >= 0.6 is 0 Å². The van der Waals surface area contributed by atoms with E-state index in [1.54, 1.807) is 0 Å². The van der Waals surface area contributed by atoms with Gasteiger partial charge in [-0.3, -0.25) is 4.79 Å². The standard InChI is InChI=1S/C12H20O2/c1-8(2)11-6-5-10(7-9(11)3)12(13)14-4/h5-6,8-11H,7H2,1-4H3. The molecule has 0 aliphatic heterocycles. The van der Waals surface area contributed by atoms with E-state index in [2.05, 4.69) is 26.8 Å². The summed E-state index contributed by atoms with van der Waals surface area (Å²) in [6.07, 6.45) is 5.11. The van der Waals surface area contributed by atoms with Crippen molar-refractivity contribution in [3.8, 4) is 0 Å². The van der Waals surface area contributed by atoms with Gasteiger partial charge in [-0.2, -0.15) is 0 Å². The molecule has 80 valence electrons. The lowest BCUT2D eigenvalue weighted by molar-refractivity contribution is -0.144. The molecule has 0 N–H and O–H groups in total. The molecule has 0 amide bonds. The SMILES string of the molecule is COC(=O)C1C=CC(C(C)C)C(C)C1. The van der Waals surface area contributed by atoms with Crippen molar-refractivity contribution in [2.45, 2.75) is 27.2 Å². The van der Waals surface area contributed by atoms with E-state index in [1.807, 2.05) is 6.08 Å². The van der Waals surface area contributed by atoms with E-state index in [9.17, 15) is 4.79 Å². The second-order valence-corrected chi connectivity index (χ2v) is 4.55. The highest BCUT2D eigenvalue weighted by atomic mass is 16.5. The maximum atomic E-state index is 11.3. The van der Waals surface area contributed by atoms with E-state index >= 15 is 0 Å². The number of rotatable bonds is 2. The van der Waals surface area contributed by atoms with Crippen LogP contribution in [0.4, 0.5) is 0 Å². The van der Waals surface area contributed by atoms with E-state index < -0.39 is 0 Å². The fraction of sp³-hybridized carbons (Fsp3) is 0.750. The van der Waals surface area contributed by atoms with Crippen molar-refractivity contribution in [1.82, 2.24) is 0 Å². The molecule has 0 radical (unpaired) electrons. The van der Waals surface area contributed by atoms with Gasteiger partial charge in [0.1, 0.15) is 0 Å². The third-order valence-electron chi connectivity index (χ3n) is 3.12. The molecule has 0 aromatic rings.